The van der Waals surface area contributed by atoms with Crippen LogP contribution in [0.15, 0.2) is 29.3 Å². The first-order valence-corrected chi connectivity index (χ1v) is 10.4. The molecule has 0 radical (unpaired) electrons. The summed E-state index contributed by atoms with van der Waals surface area (Å²) in [5, 5.41) is 6.71. The summed E-state index contributed by atoms with van der Waals surface area (Å²) in [7, 11) is 4.09. The molecule has 0 aliphatic carbocycles. The number of benzene rings is 1. The lowest BCUT2D eigenvalue weighted by atomic mass is 10.2. The summed E-state index contributed by atoms with van der Waals surface area (Å²) >= 11 is 1.90. The Morgan fingerprint density at radius 3 is 2.73 bits per heavy atom. The molecular weight excluding hydrogens is 459 g/mol. The molecule has 0 saturated heterocycles. The van der Waals surface area contributed by atoms with Crippen molar-refractivity contribution < 1.29 is 4.74 Å². The van der Waals surface area contributed by atoms with Crippen molar-refractivity contribution in [2.45, 2.75) is 26.3 Å². The summed E-state index contributed by atoms with van der Waals surface area (Å²) in [6.45, 7) is 6.16. The highest BCUT2D eigenvalue weighted by Crippen LogP contribution is 2.14. The van der Waals surface area contributed by atoms with E-state index in [1.807, 2.05) is 38.0 Å². The lowest BCUT2D eigenvalue weighted by Gasteiger charge is -2.12. The normalized spacial score (nSPS) is 11.2. The maximum atomic E-state index is 5.79. The van der Waals surface area contributed by atoms with E-state index < -0.39 is 0 Å². The predicted octanol–water partition coefficient (Wildman–Crippen LogP) is 3.44. The molecule has 26 heavy (non-hydrogen) atoms. The van der Waals surface area contributed by atoms with Gasteiger partial charge in [0.1, 0.15) is 12.4 Å². The molecule has 0 unspecified atom stereocenters. The van der Waals surface area contributed by atoms with Crippen LogP contribution in [0, 0.1) is 0 Å². The van der Waals surface area contributed by atoms with Gasteiger partial charge >= 0.3 is 0 Å². The largest absolute Gasteiger partial charge is 0.492 e. The van der Waals surface area contributed by atoms with Crippen LogP contribution in [0.3, 0.4) is 0 Å². The number of nitrogens with one attached hydrogen (secondary N) is 2. The summed E-state index contributed by atoms with van der Waals surface area (Å²) in [4.78, 5) is 6.79. The fourth-order valence-corrected chi connectivity index (χ4v) is 2.66. The Hall–Kier alpha value is -0.670. The van der Waals surface area contributed by atoms with Gasteiger partial charge in [-0.25, -0.2) is 4.99 Å². The fourth-order valence-electron chi connectivity index (χ4n) is 2.17. The molecule has 0 bridgehead atoms. The molecule has 7 heteroatoms. The molecule has 0 amide bonds. The third-order valence-electron chi connectivity index (χ3n) is 3.54. The zero-order valence-corrected chi connectivity index (χ0v) is 19.7. The van der Waals surface area contributed by atoms with Gasteiger partial charge in [0, 0.05) is 19.6 Å². The number of rotatable bonds is 12. The second-order valence-corrected chi connectivity index (χ2v) is 7.11. The number of halogens is 1. The quantitative estimate of drug-likeness (QED) is 0.202. The summed E-state index contributed by atoms with van der Waals surface area (Å²) in [6, 6.07) is 8.18. The van der Waals surface area contributed by atoms with E-state index in [1.165, 1.54) is 18.6 Å². The highest BCUT2D eigenvalue weighted by Gasteiger charge is 2.00. The molecule has 0 aliphatic heterocycles. The second-order valence-electron chi connectivity index (χ2n) is 6.12. The van der Waals surface area contributed by atoms with Gasteiger partial charge in [-0.1, -0.05) is 12.1 Å². The van der Waals surface area contributed by atoms with Gasteiger partial charge in [-0.2, -0.15) is 11.8 Å². The van der Waals surface area contributed by atoms with E-state index in [-0.39, 0.29) is 24.0 Å². The first kappa shape index (κ1) is 25.3. The molecule has 2 N–H and O–H groups in total. The molecule has 1 rings (SSSR count). The van der Waals surface area contributed by atoms with E-state index in [9.17, 15) is 0 Å². The Morgan fingerprint density at radius 2 is 2.04 bits per heavy atom. The van der Waals surface area contributed by atoms with Crippen LogP contribution in [0.2, 0.25) is 0 Å². The number of unbranched alkanes of at least 4 members (excludes halogenated alkanes) is 1. The van der Waals surface area contributed by atoms with Crippen molar-refractivity contribution >= 4 is 41.7 Å². The van der Waals surface area contributed by atoms with Crippen molar-refractivity contribution in [3.05, 3.63) is 29.8 Å². The number of guanidine groups is 1. The SMILES string of the molecule is CCNC(=NCc1cccc(OCCN(C)C)c1)NCCCCSC.I. The Morgan fingerprint density at radius 1 is 1.23 bits per heavy atom. The van der Waals surface area contributed by atoms with Crippen molar-refractivity contribution in [1.82, 2.24) is 15.5 Å². The van der Waals surface area contributed by atoms with Gasteiger partial charge in [0.2, 0.25) is 0 Å². The number of thioether (sulfide) groups is 1. The van der Waals surface area contributed by atoms with Crippen molar-refractivity contribution in [1.29, 1.82) is 0 Å². The van der Waals surface area contributed by atoms with Crippen LogP contribution < -0.4 is 15.4 Å². The van der Waals surface area contributed by atoms with Crippen LogP contribution in [-0.2, 0) is 6.54 Å². The predicted molar refractivity (Wildman–Crippen MR) is 126 cm³/mol. The van der Waals surface area contributed by atoms with Gasteiger partial charge in [0.15, 0.2) is 5.96 Å². The smallest absolute Gasteiger partial charge is 0.191 e. The van der Waals surface area contributed by atoms with Gasteiger partial charge in [0.05, 0.1) is 6.54 Å². The van der Waals surface area contributed by atoms with Gasteiger partial charge < -0.3 is 20.3 Å². The van der Waals surface area contributed by atoms with Gasteiger partial charge in [-0.15, -0.1) is 24.0 Å². The van der Waals surface area contributed by atoms with Crippen molar-refractivity contribution in [3.8, 4) is 5.75 Å². The van der Waals surface area contributed by atoms with E-state index in [1.54, 1.807) is 0 Å². The average molecular weight is 494 g/mol. The summed E-state index contributed by atoms with van der Waals surface area (Å²) < 4.78 is 5.79. The fraction of sp³-hybridized carbons (Fsp3) is 0.632. The number of hydrogen-bond acceptors (Lipinski definition) is 4. The molecule has 0 fully saturated rings. The lowest BCUT2D eigenvalue weighted by Crippen LogP contribution is -2.37. The molecular formula is C19H35IN4OS. The minimum atomic E-state index is 0. The Balaban J connectivity index is 0.00000625. The number of nitrogens with zero attached hydrogens (tertiary/aromatic N) is 2. The zero-order valence-electron chi connectivity index (χ0n) is 16.6. The first-order chi connectivity index (χ1) is 12.2. The minimum Gasteiger partial charge on any atom is -0.492 e. The van der Waals surface area contributed by atoms with Crippen LogP contribution in [0.5, 0.6) is 5.75 Å². The minimum absolute atomic E-state index is 0. The summed E-state index contributed by atoms with van der Waals surface area (Å²) in [5.74, 6) is 3.01. The van der Waals surface area contributed by atoms with Crippen molar-refractivity contribution in [2.24, 2.45) is 4.99 Å². The maximum absolute atomic E-state index is 5.79. The number of hydrogen-bond donors (Lipinski definition) is 2. The van der Waals surface area contributed by atoms with Gasteiger partial charge in [0.25, 0.3) is 0 Å². The van der Waals surface area contributed by atoms with E-state index in [2.05, 4.69) is 45.8 Å². The molecule has 0 atom stereocenters. The topological polar surface area (TPSA) is 48.9 Å². The molecule has 0 aliphatic rings. The molecule has 5 nitrogen and oxygen atoms in total. The highest BCUT2D eigenvalue weighted by atomic mass is 127. The molecule has 1 aromatic rings. The second kappa shape index (κ2) is 16.5. The first-order valence-electron chi connectivity index (χ1n) is 9.03. The summed E-state index contributed by atoms with van der Waals surface area (Å²) in [5.41, 5.74) is 1.15. The number of ether oxygens (including phenoxy) is 1. The zero-order chi connectivity index (χ0) is 18.3. The van der Waals surface area contributed by atoms with Crippen LogP contribution in [0.1, 0.15) is 25.3 Å². The van der Waals surface area contributed by atoms with Crippen LogP contribution in [0.4, 0.5) is 0 Å². The van der Waals surface area contributed by atoms with E-state index in [0.717, 1.165) is 36.9 Å². The third-order valence-corrected chi connectivity index (χ3v) is 4.23. The van der Waals surface area contributed by atoms with Crippen LogP contribution in [-0.4, -0.2) is 63.2 Å². The van der Waals surface area contributed by atoms with E-state index >= 15 is 0 Å². The molecule has 0 heterocycles. The average Bonchev–Trinajstić information content (AvgIpc) is 2.59. The monoisotopic (exact) mass is 494 g/mol. The van der Waals surface area contributed by atoms with E-state index in [4.69, 9.17) is 4.74 Å². The molecule has 0 spiro atoms. The van der Waals surface area contributed by atoms with Crippen LogP contribution in [0.25, 0.3) is 0 Å². The Kier molecular flexibility index (Phi) is 16.1. The van der Waals surface area contributed by atoms with Crippen molar-refractivity contribution in [2.75, 3.05) is 52.3 Å². The standard InChI is InChI=1S/C19H34N4OS.HI/c1-5-20-19(21-11-6-7-14-25-4)22-16-17-9-8-10-18(15-17)24-13-12-23(2)3;/h8-10,15H,5-7,11-14,16H2,1-4H3,(H2,20,21,22);1H. The Labute approximate surface area is 180 Å². The lowest BCUT2D eigenvalue weighted by molar-refractivity contribution is 0.261. The molecule has 0 saturated carbocycles. The molecule has 1 aromatic carbocycles. The van der Waals surface area contributed by atoms with Gasteiger partial charge in [-0.3, -0.25) is 0 Å². The van der Waals surface area contributed by atoms with E-state index in [0.29, 0.717) is 13.2 Å². The molecule has 150 valence electrons. The number of aliphatic imine (C=N–C) groups is 1. The number of likely N-dealkylation sites (N-methyl/N-ethyl adjacent to an activating group) is 1. The Bertz CT molecular complexity index is 500. The summed E-state index contributed by atoms with van der Waals surface area (Å²) in [6.07, 6.45) is 4.55. The van der Waals surface area contributed by atoms with Crippen molar-refractivity contribution in [3.63, 3.8) is 0 Å². The molecule has 0 aromatic heterocycles. The third kappa shape index (κ3) is 12.6. The van der Waals surface area contributed by atoms with Gasteiger partial charge in [-0.05, 0) is 63.6 Å². The van der Waals surface area contributed by atoms with Crippen LogP contribution >= 0.6 is 35.7 Å². The maximum Gasteiger partial charge on any atom is 0.191 e. The highest BCUT2D eigenvalue weighted by molar-refractivity contribution is 14.0.